The smallest absolute Gasteiger partial charge is 0.180 e. The van der Waals surface area contributed by atoms with Crippen LogP contribution in [0.25, 0.3) is 0 Å². The molecule has 0 aromatic carbocycles. The summed E-state index contributed by atoms with van der Waals surface area (Å²) in [5.41, 5.74) is -0.107. The number of rotatable bonds is 3. The van der Waals surface area contributed by atoms with E-state index in [9.17, 15) is 25.2 Å². The fraction of sp³-hybridized carbons (Fsp3) is 0.750. The summed E-state index contributed by atoms with van der Waals surface area (Å²) in [6.45, 7) is 4.67. The highest BCUT2D eigenvalue weighted by Crippen LogP contribution is 2.36. The fourth-order valence-electron chi connectivity index (χ4n) is 3.21. The second kappa shape index (κ2) is 6.89. The zero-order chi connectivity index (χ0) is 18.2. The Hall–Kier alpha value is -1.32. The van der Waals surface area contributed by atoms with Gasteiger partial charge in [-0.2, -0.15) is 0 Å². The van der Waals surface area contributed by atoms with Crippen LogP contribution in [0, 0.1) is 5.41 Å². The molecule has 0 aromatic rings. The molecule has 1 aliphatic carbocycles. The molecule has 1 fully saturated rings. The molecule has 5 N–H and O–H groups in total. The average Bonchev–Trinajstić information content (AvgIpc) is 2.45. The molecule has 0 saturated carbocycles. The van der Waals surface area contributed by atoms with Crippen molar-refractivity contribution >= 4 is 11.5 Å². The van der Waals surface area contributed by atoms with Gasteiger partial charge in [0.25, 0.3) is 0 Å². The van der Waals surface area contributed by atoms with Crippen molar-refractivity contribution in [2.45, 2.75) is 64.3 Å². The van der Waals surface area contributed by atoms with E-state index in [0.29, 0.717) is 6.42 Å². The molecule has 1 aliphatic heterocycles. The highest BCUT2D eigenvalue weighted by molar-refractivity contribution is 6.22. The molecule has 5 atom stereocenters. The Morgan fingerprint density at radius 2 is 1.88 bits per heavy atom. The minimum Gasteiger partial charge on any atom is -0.511 e. The summed E-state index contributed by atoms with van der Waals surface area (Å²) in [6.07, 6.45) is -4.99. The van der Waals surface area contributed by atoms with Gasteiger partial charge in [-0.1, -0.05) is 13.8 Å². The number of carbonyl (C=O) groups excluding carboxylic acids is 1. The van der Waals surface area contributed by atoms with Gasteiger partial charge in [0.2, 0.25) is 0 Å². The predicted octanol–water partition coefficient (Wildman–Crippen LogP) is -0.552. The van der Waals surface area contributed by atoms with Crippen LogP contribution < -0.4 is 0 Å². The summed E-state index contributed by atoms with van der Waals surface area (Å²) >= 11 is 0. The molecule has 0 aromatic heterocycles. The van der Waals surface area contributed by atoms with Crippen LogP contribution >= 0.6 is 0 Å². The van der Waals surface area contributed by atoms with Crippen LogP contribution in [0.4, 0.5) is 0 Å². The normalized spacial score (nSPS) is 37.7. The van der Waals surface area contributed by atoms with Crippen LogP contribution in [0.1, 0.15) is 33.6 Å². The number of aliphatic hydroxyl groups excluding tert-OH is 5. The lowest BCUT2D eigenvalue weighted by atomic mass is 9.75. The van der Waals surface area contributed by atoms with Gasteiger partial charge < -0.3 is 30.3 Å². The lowest BCUT2D eigenvalue weighted by molar-refractivity contribution is -0.248. The standard InChI is InChI=1S/C16H25NO7/c1-7(11-8(19)4-16(2,3)5-9(11)20)17-12-14(22)13(21)10(6-18)24-15(12)23/h10,12-15,18-19,21-23H,4-6H2,1-3H3/t10-,12-,13+,14-,15?/m1/s1. The Bertz CT molecular complexity index is 569. The number of ketones is 1. The lowest BCUT2D eigenvalue weighted by Crippen LogP contribution is -2.58. The molecule has 8 nitrogen and oxygen atoms in total. The van der Waals surface area contributed by atoms with Gasteiger partial charge in [0.1, 0.15) is 30.1 Å². The first kappa shape index (κ1) is 19.0. The zero-order valence-corrected chi connectivity index (χ0v) is 14.0. The van der Waals surface area contributed by atoms with Crippen LogP contribution in [0.2, 0.25) is 0 Å². The van der Waals surface area contributed by atoms with Crippen molar-refractivity contribution < 1.29 is 35.1 Å². The Labute approximate surface area is 140 Å². The monoisotopic (exact) mass is 343 g/mol. The van der Waals surface area contributed by atoms with Gasteiger partial charge in [-0.3, -0.25) is 9.79 Å². The van der Waals surface area contributed by atoms with E-state index in [-0.39, 0.29) is 34.7 Å². The molecule has 24 heavy (non-hydrogen) atoms. The zero-order valence-electron chi connectivity index (χ0n) is 14.0. The molecule has 0 bridgehead atoms. The van der Waals surface area contributed by atoms with E-state index in [0.717, 1.165) is 0 Å². The number of nitrogens with zero attached hydrogens (tertiary/aromatic N) is 1. The van der Waals surface area contributed by atoms with Gasteiger partial charge in [0.05, 0.1) is 12.2 Å². The van der Waals surface area contributed by atoms with Crippen molar-refractivity contribution in [2.75, 3.05) is 6.61 Å². The van der Waals surface area contributed by atoms with Crippen LogP contribution in [-0.4, -0.2) is 74.3 Å². The molecule has 0 radical (unpaired) electrons. The molecule has 0 amide bonds. The summed E-state index contributed by atoms with van der Waals surface area (Å²) in [6, 6.07) is -1.23. The first-order valence-electron chi connectivity index (χ1n) is 7.88. The maximum Gasteiger partial charge on any atom is 0.180 e. The molecular formula is C16H25NO7. The first-order valence-corrected chi connectivity index (χ1v) is 7.88. The molecule has 1 heterocycles. The van der Waals surface area contributed by atoms with Crippen molar-refractivity contribution in [3.8, 4) is 0 Å². The minimum absolute atomic E-state index is 0.0764. The topological polar surface area (TPSA) is 140 Å². The molecule has 2 rings (SSSR count). The van der Waals surface area contributed by atoms with E-state index in [1.165, 1.54) is 6.92 Å². The quantitative estimate of drug-likeness (QED) is 0.433. The van der Waals surface area contributed by atoms with Crippen LogP contribution in [0.3, 0.4) is 0 Å². The van der Waals surface area contributed by atoms with Crippen molar-refractivity contribution in [3.05, 3.63) is 11.3 Å². The molecule has 1 unspecified atom stereocenters. The Morgan fingerprint density at radius 1 is 1.25 bits per heavy atom. The predicted molar refractivity (Wildman–Crippen MR) is 84.6 cm³/mol. The largest absolute Gasteiger partial charge is 0.511 e. The van der Waals surface area contributed by atoms with E-state index < -0.39 is 37.3 Å². The van der Waals surface area contributed by atoms with Crippen molar-refractivity contribution in [3.63, 3.8) is 0 Å². The van der Waals surface area contributed by atoms with E-state index in [1.54, 1.807) is 0 Å². The fourth-order valence-corrected chi connectivity index (χ4v) is 3.21. The van der Waals surface area contributed by atoms with Crippen molar-refractivity contribution in [2.24, 2.45) is 10.4 Å². The van der Waals surface area contributed by atoms with E-state index in [4.69, 9.17) is 9.84 Å². The highest BCUT2D eigenvalue weighted by atomic mass is 16.6. The van der Waals surface area contributed by atoms with Gasteiger partial charge in [-0.15, -0.1) is 0 Å². The molecule has 1 saturated heterocycles. The second-order valence-electron chi connectivity index (χ2n) is 7.20. The number of carbonyl (C=O) groups is 1. The molecule has 2 aliphatic rings. The third kappa shape index (κ3) is 3.68. The maximum absolute atomic E-state index is 12.3. The summed E-state index contributed by atoms with van der Waals surface area (Å²) < 4.78 is 5.03. The number of allylic oxidation sites excluding steroid dienone is 2. The maximum atomic E-state index is 12.3. The number of Topliss-reactive ketones (excluding diaryl/α,β-unsaturated/α-hetero) is 1. The minimum atomic E-state index is -1.55. The lowest BCUT2D eigenvalue weighted by Gasteiger charge is -2.38. The third-order valence-corrected chi connectivity index (χ3v) is 4.42. The van der Waals surface area contributed by atoms with E-state index >= 15 is 0 Å². The van der Waals surface area contributed by atoms with Gasteiger partial charge >= 0.3 is 0 Å². The summed E-state index contributed by atoms with van der Waals surface area (Å²) in [5, 5.41) is 49.2. The molecular weight excluding hydrogens is 318 g/mol. The summed E-state index contributed by atoms with van der Waals surface area (Å²) in [7, 11) is 0. The van der Waals surface area contributed by atoms with Crippen LogP contribution in [0.5, 0.6) is 0 Å². The van der Waals surface area contributed by atoms with Crippen LogP contribution in [-0.2, 0) is 9.53 Å². The molecule has 136 valence electrons. The van der Waals surface area contributed by atoms with Gasteiger partial charge in [-0.25, -0.2) is 0 Å². The number of hydrogen-bond acceptors (Lipinski definition) is 8. The van der Waals surface area contributed by atoms with Crippen molar-refractivity contribution in [1.82, 2.24) is 0 Å². The summed E-state index contributed by atoms with van der Waals surface area (Å²) in [5.74, 6) is -0.341. The Kier molecular flexibility index (Phi) is 5.46. The van der Waals surface area contributed by atoms with Gasteiger partial charge in [0, 0.05) is 18.6 Å². The first-order chi connectivity index (χ1) is 11.1. The number of hydrogen-bond donors (Lipinski definition) is 5. The number of aliphatic hydroxyl groups is 5. The Morgan fingerprint density at radius 3 is 2.42 bits per heavy atom. The Balaban J connectivity index is 2.29. The van der Waals surface area contributed by atoms with E-state index in [2.05, 4.69) is 4.99 Å². The van der Waals surface area contributed by atoms with Gasteiger partial charge in [-0.05, 0) is 12.3 Å². The average molecular weight is 343 g/mol. The summed E-state index contributed by atoms with van der Waals surface area (Å²) in [4.78, 5) is 16.4. The van der Waals surface area contributed by atoms with Gasteiger partial charge in [0.15, 0.2) is 12.1 Å². The van der Waals surface area contributed by atoms with Crippen molar-refractivity contribution in [1.29, 1.82) is 0 Å². The van der Waals surface area contributed by atoms with E-state index in [1.807, 2.05) is 13.8 Å². The second-order valence-corrected chi connectivity index (χ2v) is 7.20. The SMILES string of the molecule is CC(=N[C@H]1C(O)O[C@H](CO)[C@H](O)[C@@H]1O)C1=C(O)CC(C)(C)CC1=O. The van der Waals surface area contributed by atoms with Crippen LogP contribution in [0.15, 0.2) is 16.3 Å². The number of aliphatic imine (C=N–C) groups is 1. The molecule has 8 heteroatoms. The highest BCUT2D eigenvalue weighted by Gasteiger charge is 2.44. The number of ether oxygens (including phenoxy) is 1. The molecule has 0 spiro atoms. The third-order valence-electron chi connectivity index (χ3n) is 4.42.